The van der Waals surface area contributed by atoms with E-state index in [4.69, 9.17) is 34.8 Å². The van der Waals surface area contributed by atoms with Crippen LogP contribution in [-0.2, 0) is 0 Å². The average Bonchev–Trinajstić information content (AvgIpc) is 2.69. The molecular weight excluding hydrogens is 317 g/mol. The molecule has 20 heavy (non-hydrogen) atoms. The Labute approximate surface area is 131 Å². The second-order valence-corrected chi connectivity index (χ2v) is 5.62. The Morgan fingerprint density at radius 1 is 1.05 bits per heavy atom. The Morgan fingerprint density at radius 2 is 1.75 bits per heavy atom. The summed E-state index contributed by atoms with van der Waals surface area (Å²) in [5.74, 6) is 0. The summed E-state index contributed by atoms with van der Waals surface area (Å²) in [6.07, 6.45) is 0. The molecule has 0 radical (unpaired) electrons. The van der Waals surface area contributed by atoms with Gasteiger partial charge >= 0.3 is 0 Å². The molecule has 3 rings (SSSR count). The molecule has 6 heteroatoms. The second kappa shape index (κ2) is 4.92. The molecule has 0 aliphatic rings. The number of rotatable bonds is 1. The molecule has 0 N–H and O–H groups in total. The van der Waals surface area contributed by atoms with E-state index in [1.165, 1.54) is 0 Å². The molecule has 0 unspecified atom stereocenters. The number of hydrogen-bond donors (Lipinski definition) is 0. The number of nitrogens with zero attached hydrogens (tertiary/aromatic N) is 3. The van der Waals surface area contributed by atoms with Crippen LogP contribution in [0, 0.1) is 13.8 Å². The number of fused-ring (bicyclic) bond motifs is 1. The molecule has 0 atom stereocenters. The van der Waals surface area contributed by atoms with Crippen LogP contribution in [0.5, 0.6) is 0 Å². The van der Waals surface area contributed by atoms with Crippen molar-refractivity contribution in [1.29, 1.82) is 0 Å². The Balaban J connectivity index is 2.41. The quantitative estimate of drug-likeness (QED) is 0.591. The first kappa shape index (κ1) is 13.7. The Morgan fingerprint density at radius 3 is 2.45 bits per heavy atom. The fraction of sp³-hybridized carbons (Fsp3) is 0.143. The summed E-state index contributed by atoms with van der Waals surface area (Å²) in [5, 5.41) is 5.68. The summed E-state index contributed by atoms with van der Waals surface area (Å²) >= 11 is 19.0. The fourth-order valence-corrected chi connectivity index (χ4v) is 2.95. The summed E-state index contributed by atoms with van der Waals surface area (Å²) in [5.41, 5.74) is 3.82. The molecular formula is C14H10Cl3N3. The van der Waals surface area contributed by atoms with E-state index < -0.39 is 0 Å². The Bertz CT molecular complexity index is 824. The molecule has 0 aliphatic carbocycles. The van der Waals surface area contributed by atoms with Crippen molar-refractivity contribution in [3.05, 3.63) is 50.9 Å². The Hall–Kier alpha value is -1.29. The Kier molecular flexibility index (Phi) is 3.36. The van der Waals surface area contributed by atoms with Gasteiger partial charge in [0.1, 0.15) is 10.3 Å². The summed E-state index contributed by atoms with van der Waals surface area (Å²) < 4.78 is 1.59. The van der Waals surface area contributed by atoms with Crippen molar-refractivity contribution in [2.24, 2.45) is 0 Å². The standard InChI is InChI=1S/C14H10Cl3N3/c1-7-8(2)19-20-13(17)11(12(16)18-14(7)20)9-5-3-4-6-10(9)15/h3-6H,1-2H3. The minimum absolute atomic E-state index is 0.318. The number of aryl methyl sites for hydroxylation is 2. The maximum absolute atomic E-state index is 6.46. The highest BCUT2D eigenvalue weighted by atomic mass is 35.5. The fourth-order valence-electron chi connectivity index (χ4n) is 2.09. The van der Waals surface area contributed by atoms with Crippen molar-refractivity contribution in [2.45, 2.75) is 13.8 Å². The summed E-state index contributed by atoms with van der Waals surface area (Å²) in [6, 6.07) is 7.36. The van der Waals surface area contributed by atoms with Gasteiger partial charge in [-0.3, -0.25) is 0 Å². The summed E-state index contributed by atoms with van der Waals surface area (Å²) in [4.78, 5) is 4.40. The molecule has 0 spiro atoms. The van der Waals surface area contributed by atoms with Crippen LogP contribution in [-0.4, -0.2) is 14.6 Å². The van der Waals surface area contributed by atoms with E-state index in [9.17, 15) is 0 Å². The van der Waals surface area contributed by atoms with Gasteiger partial charge in [-0.2, -0.15) is 5.10 Å². The smallest absolute Gasteiger partial charge is 0.161 e. The molecule has 102 valence electrons. The van der Waals surface area contributed by atoms with E-state index in [2.05, 4.69) is 10.1 Å². The zero-order valence-electron chi connectivity index (χ0n) is 10.8. The SMILES string of the molecule is Cc1nn2c(Cl)c(-c3ccccc3Cl)c(Cl)nc2c1C. The van der Waals surface area contributed by atoms with E-state index in [0.29, 0.717) is 26.5 Å². The minimum Gasteiger partial charge on any atom is -0.216 e. The van der Waals surface area contributed by atoms with Crippen molar-refractivity contribution in [3.63, 3.8) is 0 Å². The predicted octanol–water partition coefficient (Wildman–Crippen LogP) is 4.97. The van der Waals surface area contributed by atoms with Crippen LogP contribution in [0.4, 0.5) is 0 Å². The second-order valence-electron chi connectivity index (χ2n) is 4.49. The zero-order chi connectivity index (χ0) is 14.4. The maximum atomic E-state index is 6.46. The molecule has 2 heterocycles. The first-order chi connectivity index (χ1) is 9.50. The van der Waals surface area contributed by atoms with Crippen LogP contribution in [0.1, 0.15) is 11.3 Å². The molecule has 0 fully saturated rings. The molecule has 0 saturated heterocycles. The van der Waals surface area contributed by atoms with Gasteiger partial charge in [-0.05, 0) is 19.9 Å². The lowest BCUT2D eigenvalue weighted by atomic mass is 10.1. The third-order valence-corrected chi connectivity index (χ3v) is 4.23. The van der Waals surface area contributed by atoms with Crippen LogP contribution in [0.2, 0.25) is 15.3 Å². The first-order valence-electron chi connectivity index (χ1n) is 5.96. The lowest BCUT2D eigenvalue weighted by Crippen LogP contribution is -1.98. The minimum atomic E-state index is 0.318. The topological polar surface area (TPSA) is 30.2 Å². The summed E-state index contributed by atoms with van der Waals surface area (Å²) in [6.45, 7) is 3.84. The van der Waals surface area contributed by atoms with E-state index in [1.807, 2.05) is 32.0 Å². The third kappa shape index (κ3) is 1.97. The molecule has 0 aliphatic heterocycles. The van der Waals surface area contributed by atoms with Crippen molar-refractivity contribution in [3.8, 4) is 11.1 Å². The molecule has 3 nitrogen and oxygen atoms in total. The summed E-state index contributed by atoms with van der Waals surface area (Å²) in [7, 11) is 0. The molecule has 2 aromatic heterocycles. The lowest BCUT2D eigenvalue weighted by molar-refractivity contribution is 0.919. The molecule has 1 aromatic carbocycles. The normalized spacial score (nSPS) is 11.2. The van der Waals surface area contributed by atoms with Gasteiger partial charge in [0.15, 0.2) is 5.65 Å². The molecule has 3 aromatic rings. The van der Waals surface area contributed by atoms with Crippen molar-refractivity contribution in [2.75, 3.05) is 0 Å². The lowest BCUT2D eigenvalue weighted by Gasteiger charge is -2.10. The monoisotopic (exact) mass is 325 g/mol. The highest BCUT2D eigenvalue weighted by molar-refractivity contribution is 6.40. The van der Waals surface area contributed by atoms with Gasteiger partial charge in [0, 0.05) is 16.1 Å². The zero-order valence-corrected chi connectivity index (χ0v) is 13.1. The van der Waals surface area contributed by atoms with E-state index in [-0.39, 0.29) is 0 Å². The van der Waals surface area contributed by atoms with Crippen molar-refractivity contribution >= 4 is 40.4 Å². The average molecular weight is 327 g/mol. The van der Waals surface area contributed by atoms with Crippen molar-refractivity contribution in [1.82, 2.24) is 14.6 Å². The molecule has 0 saturated carbocycles. The molecule has 0 amide bonds. The third-order valence-electron chi connectivity index (χ3n) is 3.27. The van der Waals surface area contributed by atoms with Gasteiger partial charge in [-0.25, -0.2) is 9.50 Å². The number of benzene rings is 1. The van der Waals surface area contributed by atoms with Crippen molar-refractivity contribution < 1.29 is 0 Å². The van der Waals surface area contributed by atoms with Gasteiger partial charge in [-0.1, -0.05) is 53.0 Å². The van der Waals surface area contributed by atoms with Crippen LogP contribution >= 0.6 is 34.8 Å². The van der Waals surface area contributed by atoms with Gasteiger partial charge in [0.25, 0.3) is 0 Å². The number of hydrogen-bond acceptors (Lipinski definition) is 2. The van der Waals surface area contributed by atoms with Crippen LogP contribution in [0.25, 0.3) is 16.8 Å². The van der Waals surface area contributed by atoms with Gasteiger partial charge in [-0.15, -0.1) is 0 Å². The van der Waals surface area contributed by atoms with E-state index >= 15 is 0 Å². The van der Waals surface area contributed by atoms with E-state index in [1.54, 1.807) is 10.6 Å². The highest BCUT2D eigenvalue weighted by Crippen LogP contribution is 2.38. The van der Waals surface area contributed by atoms with Gasteiger partial charge in [0.2, 0.25) is 0 Å². The first-order valence-corrected chi connectivity index (χ1v) is 7.10. The largest absolute Gasteiger partial charge is 0.216 e. The van der Waals surface area contributed by atoms with E-state index in [0.717, 1.165) is 16.8 Å². The van der Waals surface area contributed by atoms with Crippen LogP contribution in [0.3, 0.4) is 0 Å². The van der Waals surface area contributed by atoms with Gasteiger partial charge < -0.3 is 0 Å². The predicted molar refractivity (Wildman–Crippen MR) is 82.9 cm³/mol. The van der Waals surface area contributed by atoms with Crippen LogP contribution < -0.4 is 0 Å². The maximum Gasteiger partial charge on any atom is 0.161 e. The number of aromatic nitrogens is 3. The highest BCUT2D eigenvalue weighted by Gasteiger charge is 2.19. The molecule has 0 bridgehead atoms. The van der Waals surface area contributed by atoms with Gasteiger partial charge in [0.05, 0.1) is 11.3 Å². The van der Waals surface area contributed by atoms with Crippen LogP contribution in [0.15, 0.2) is 24.3 Å². The number of halogens is 3.